The minimum atomic E-state index is -0.0949. The molecule has 0 radical (unpaired) electrons. The first kappa shape index (κ1) is 18.3. The van der Waals surface area contributed by atoms with E-state index in [1.165, 1.54) is 0 Å². The summed E-state index contributed by atoms with van der Waals surface area (Å²) in [6.07, 6.45) is 0. The van der Waals surface area contributed by atoms with Gasteiger partial charge in [-0.1, -0.05) is 96.1 Å². The van der Waals surface area contributed by atoms with Gasteiger partial charge >= 0.3 is 0 Å². The van der Waals surface area contributed by atoms with Crippen molar-refractivity contribution in [2.45, 2.75) is 13.8 Å². The molecule has 0 saturated heterocycles. The fourth-order valence-corrected chi connectivity index (χ4v) is 4.19. The van der Waals surface area contributed by atoms with Gasteiger partial charge in [-0.3, -0.25) is 9.59 Å². The third-order valence-electron chi connectivity index (χ3n) is 5.80. The maximum atomic E-state index is 13.8. The lowest BCUT2D eigenvalue weighted by Gasteiger charge is -2.23. The predicted molar refractivity (Wildman–Crippen MR) is 120 cm³/mol. The topological polar surface area (TPSA) is 34.1 Å². The Morgan fingerprint density at radius 1 is 0.433 bits per heavy atom. The zero-order valence-electron chi connectivity index (χ0n) is 16.9. The van der Waals surface area contributed by atoms with Crippen LogP contribution in [0.2, 0.25) is 0 Å². The monoisotopic (exact) mass is 388 g/mol. The van der Waals surface area contributed by atoms with Crippen molar-refractivity contribution in [3.05, 3.63) is 118 Å². The number of hydrogen-bond donors (Lipinski definition) is 0. The molecule has 5 rings (SSSR count). The number of fused-ring (bicyclic) bond motifs is 2. The van der Waals surface area contributed by atoms with Crippen molar-refractivity contribution in [2.24, 2.45) is 0 Å². The molecule has 0 spiro atoms. The van der Waals surface area contributed by atoms with Crippen molar-refractivity contribution >= 4 is 11.6 Å². The van der Waals surface area contributed by atoms with Crippen LogP contribution in [-0.2, 0) is 0 Å². The molecule has 1 aliphatic rings. The Morgan fingerprint density at radius 2 is 0.800 bits per heavy atom. The Balaban J connectivity index is 1.75. The number of benzene rings is 4. The molecule has 30 heavy (non-hydrogen) atoms. The largest absolute Gasteiger partial charge is 0.289 e. The van der Waals surface area contributed by atoms with Gasteiger partial charge in [0.1, 0.15) is 0 Å². The lowest BCUT2D eigenvalue weighted by molar-refractivity contribution is 0.0980. The van der Waals surface area contributed by atoms with Crippen molar-refractivity contribution in [2.75, 3.05) is 0 Å². The van der Waals surface area contributed by atoms with Gasteiger partial charge in [-0.25, -0.2) is 0 Å². The van der Waals surface area contributed by atoms with Crippen LogP contribution in [-0.4, -0.2) is 11.6 Å². The lowest BCUT2D eigenvalue weighted by atomic mass is 9.78. The summed E-state index contributed by atoms with van der Waals surface area (Å²) in [5.41, 5.74) is 7.74. The second-order valence-electron chi connectivity index (χ2n) is 7.85. The summed E-state index contributed by atoms with van der Waals surface area (Å²) in [4.78, 5) is 27.2. The Labute approximate surface area is 175 Å². The first-order valence-electron chi connectivity index (χ1n) is 10.0. The molecule has 2 heteroatoms. The first-order valence-corrected chi connectivity index (χ1v) is 10.0. The number of carbonyl (C=O) groups is 2. The van der Waals surface area contributed by atoms with Crippen LogP contribution >= 0.6 is 0 Å². The van der Waals surface area contributed by atoms with Gasteiger partial charge in [0.25, 0.3) is 0 Å². The molecule has 4 aromatic rings. The van der Waals surface area contributed by atoms with Gasteiger partial charge in [0.2, 0.25) is 0 Å². The Bertz CT molecular complexity index is 1210. The maximum absolute atomic E-state index is 13.8. The molecule has 1 aliphatic carbocycles. The Hall–Kier alpha value is -3.78. The molecule has 2 nitrogen and oxygen atoms in total. The standard InChI is InChI=1S/C28H20O2/c1-17-9-13-19(14-10-17)21-5-3-7-23-25(21)28(30)26-22(6-4-8-24(26)27(23)29)20-15-11-18(2)12-16-20/h3-16H,1-2H3. The van der Waals surface area contributed by atoms with Crippen LogP contribution < -0.4 is 0 Å². The molecule has 0 unspecified atom stereocenters. The Morgan fingerprint density at radius 3 is 1.20 bits per heavy atom. The Kier molecular flexibility index (Phi) is 4.22. The number of hydrogen-bond acceptors (Lipinski definition) is 2. The third-order valence-corrected chi connectivity index (χ3v) is 5.80. The van der Waals surface area contributed by atoms with Crippen molar-refractivity contribution in [1.29, 1.82) is 0 Å². The predicted octanol–water partition coefficient (Wildman–Crippen LogP) is 6.41. The summed E-state index contributed by atoms with van der Waals surface area (Å²) in [7, 11) is 0. The van der Waals surface area contributed by atoms with Gasteiger partial charge in [0.05, 0.1) is 0 Å². The number of carbonyl (C=O) groups excluding carboxylic acids is 2. The van der Waals surface area contributed by atoms with Crippen molar-refractivity contribution in [3.8, 4) is 22.3 Å². The molecule has 0 bridgehead atoms. The van der Waals surface area contributed by atoms with Crippen LogP contribution in [0, 0.1) is 13.8 Å². The molecule has 0 heterocycles. The molecular formula is C28H20O2. The zero-order chi connectivity index (χ0) is 20.8. The first-order chi connectivity index (χ1) is 14.5. The van der Waals surface area contributed by atoms with Gasteiger partial charge < -0.3 is 0 Å². The van der Waals surface area contributed by atoms with Crippen LogP contribution in [0.1, 0.15) is 43.0 Å². The third kappa shape index (κ3) is 2.81. The van der Waals surface area contributed by atoms with Crippen LogP contribution in [0.3, 0.4) is 0 Å². The molecule has 0 aliphatic heterocycles. The lowest BCUT2D eigenvalue weighted by Crippen LogP contribution is -2.22. The highest BCUT2D eigenvalue weighted by Crippen LogP contribution is 2.38. The highest BCUT2D eigenvalue weighted by molar-refractivity contribution is 6.32. The molecule has 0 aromatic heterocycles. The summed E-state index contributed by atoms with van der Waals surface area (Å²) < 4.78 is 0. The smallest absolute Gasteiger partial charge is 0.195 e. The second-order valence-corrected chi connectivity index (χ2v) is 7.85. The molecule has 4 aromatic carbocycles. The van der Waals surface area contributed by atoms with Crippen LogP contribution in [0.5, 0.6) is 0 Å². The SMILES string of the molecule is Cc1ccc(-c2cccc3c2C(=O)c2c(cccc2-c2ccc(C)cc2)C3=O)cc1. The second kappa shape index (κ2) is 6.93. The summed E-state index contributed by atoms with van der Waals surface area (Å²) in [5, 5.41) is 0. The van der Waals surface area contributed by atoms with E-state index in [-0.39, 0.29) is 11.6 Å². The van der Waals surface area contributed by atoms with E-state index in [9.17, 15) is 9.59 Å². The van der Waals surface area contributed by atoms with E-state index >= 15 is 0 Å². The van der Waals surface area contributed by atoms with Crippen molar-refractivity contribution in [1.82, 2.24) is 0 Å². The summed E-state index contributed by atoms with van der Waals surface area (Å²) >= 11 is 0. The summed E-state index contributed by atoms with van der Waals surface area (Å²) in [6.45, 7) is 4.06. The normalized spacial score (nSPS) is 12.5. The molecule has 0 fully saturated rings. The number of ketones is 2. The van der Waals surface area contributed by atoms with Gasteiger partial charge in [-0.15, -0.1) is 0 Å². The minimum absolute atomic E-state index is 0.0908. The summed E-state index contributed by atoms with van der Waals surface area (Å²) in [6, 6.07) is 27.2. The van der Waals surface area contributed by atoms with Crippen LogP contribution in [0.15, 0.2) is 84.9 Å². The quantitative estimate of drug-likeness (QED) is 0.350. The van der Waals surface area contributed by atoms with Crippen LogP contribution in [0.25, 0.3) is 22.3 Å². The van der Waals surface area contributed by atoms with E-state index in [0.29, 0.717) is 22.3 Å². The molecular weight excluding hydrogens is 368 g/mol. The number of aryl methyl sites for hydroxylation is 2. The summed E-state index contributed by atoms with van der Waals surface area (Å²) in [5.74, 6) is -0.186. The van der Waals surface area contributed by atoms with Gasteiger partial charge in [-0.2, -0.15) is 0 Å². The maximum Gasteiger partial charge on any atom is 0.195 e. The fraction of sp³-hybridized carbons (Fsp3) is 0.0714. The highest BCUT2D eigenvalue weighted by atomic mass is 16.1. The fourth-order valence-electron chi connectivity index (χ4n) is 4.19. The van der Waals surface area contributed by atoms with Gasteiger partial charge in [0.15, 0.2) is 11.6 Å². The van der Waals surface area contributed by atoms with E-state index < -0.39 is 0 Å². The van der Waals surface area contributed by atoms with Crippen molar-refractivity contribution < 1.29 is 9.59 Å². The van der Waals surface area contributed by atoms with E-state index in [4.69, 9.17) is 0 Å². The van der Waals surface area contributed by atoms with Crippen molar-refractivity contribution in [3.63, 3.8) is 0 Å². The minimum Gasteiger partial charge on any atom is -0.289 e. The van der Waals surface area contributed by atoms with Crippen LogP contribution in [0.4, 0.5) is 0 Å². The van der Waals surface area contributed by atoms with E-state index in [2.05, 4.69) is 0 Å². The average molecular weight is 388 g/mol. The van der Waals surface area contributed by atoms with Gasteiger partial charge in [0, 0.05) is 22.3 Å². The van der Waals surface area contributed by atoms with E-state index in [1.807, 2.05) is 86.6 Å². The zero-order valence-corrected chi connectivity index (χ0v) is 16.9. The molecule has 0 atom stereocenters. The number of rotatable bonds is 2. The van der Waals surface area contributed by atoms with E-state index in [0.717, 1.165) is 33.4 Å². The van der Waals surface area contributed by atoms with Gasteiger partial charge in [-0.05, 0) is 36.1 Å². The molecule has 0 amide bonds. The average Bonchev–Trinajstić information content (AvgIpc) is 2.77. The molecule has 0 N–H and O–H groups in total. The molecule has 144 valence electrons. The highest BCUT2D eigenvalue weighted by Gasteiger charge is 2.33. The van der Waals surface area contributed by atoms with E-state index in [1.54, 1.807) is 12.1 Å². The molecule has 0 saturated carbocycles.